The number of amides is 1. The topological polar surface area (TPSA) is 42.0 Å². The molecule has 3 rings (SSSR count). The normalized spacial score (nSPS) is 14.9. The molecule has 6 heteroatoms. The van der Waals surface area contributed by atoms with Crippen LogP contribution in [0.15, 0.2) is 24.4 Å². The summed E-state index contributed by atoms with van der Waals surface area (Å²) in [5, 5.41) is 4.28. The van der Waals surface area contributed by atoms with Crippen LogP contribution in [0.3, 0.4) is 0 Å². The standard InChI is InChI=1S/C16H16ClFN2OS/c1-16(2,11-6-5-10(18)7-12(11)17)20-14(21)13-8-19-15(22-13)9-3-4-9/h5-9H,3-4H2,1-2H3,(H,20,21). The van der Waals surface area contributed by atoms with Gasteiger partial charge in [0.15, 0.2) is 0 Å². The second kappa shape index (κ2) is 5.63. The zero-order chi connectivity index (χ0) is 15.9. The first kappa shape index (κ1) is 15.4. The van der Waals surface area contributed by atoms with E-state index < -0.39 is 11.4 Å². The Balaban J connectivity index is 1.78. The highest BCUT2D eigenvalue weighted by Gasteiger charge is 2.30. The van der Waals surface area contributed by atoms with E-state index in [1.807, 2.05) is 13.8 Å². The van der Waals surface area contributed by atoms with Crippen molar-refractivity contribution in [2.75, 3.05) is 0 Å². The first-order valence-corrected chi connectivity index (χ1v) is 8.30. The third-order valence-electron chi connectivity index (χ3n) is 3.70. The number of nitrogens with zero attached hydrogens (tertiary/aromatic N) is 1. The molecule has 1 heterocycles. The Kier molecular flexibility index (Phi) is 3.95. The Morgan fingerprint density at radius 3 is 2.82 bits per heavy atom. The number of thiazole rings is 1. The van der Waals surface area contributed by atoms with Crippen molar-refractivity contribution in [1.29, 1.82) is 0 Å². The van der Waals surface area contributed by atoms with Gasteiger partial charge in [0, 0.05) is 10.9 Å². The summed E-state index contributed by atoms with van der Waals surface area (Å²) in [6.07, 6.45) is 3.94. The van der Waals surface area contributed by atoms with Crippen molar-refractivity contribution in [2.24, 2.45) is 0 Å². The van der Waals surface area contributed by atoms with E-state index in [0.29, 0.717) is 21.4 Å². The number of carbonyl (C=O) groups is 1. The molecule has 2 aromatic rings. The van der Waals surface area contributed by atoms with Gasteiger partial charge >= 0.3 is 0 Å². The summed E-state index contributed by atoms with van der Waals surface area (Å²) in [7, 11) is 0. The van der Waals surface area contributed by atoms with Crippen LogP contribution in [0.2, 0.25) is 5.02 Å². The molecule has 1 fully saturated rings. The second-order valence-electron chi connectivity index (χ2n) is 6.04. The number of nitrogens with one attached hydrogen (secondary N) is 1. The van der Waals surface area contributed by atoms with Crippen molar-refractivity contribution in [1.82, 2.24) is 10.3 Å². The maximum Gasteiger partial charge on any atom is 0.263 e. The van der Waals surface area contributed by atoms with E-state index in [9.17, 15) is 9.18 Å². The lowest BCUT2D eigenvalue weighted by atomic mass is 9.94. The van der Waals surface area contributed by atoms with Crippen molar-refractivity contribution in [3.05, 3.63) is 50.7 Å². The molecule has 1 saturated carbocycles. The fourth-order valence-corrected chi connectivity index (χ4v) is 3.71. The number of halogens is 2. The number of hydrogen-bond acceptors (Lipinski definition) is 3. The lowest BCUT2D eigenvalue weighted by molar-refractivity contribution is 0.0916. The van der Waals surface area contributed by atoms with E-state index >= 15 is 0 Å². The highest BCUT2D eigenvalue weighted by molar-refractivity contribution is 7.13. The summed E-state index contributed by atoms with van der Waals surface area (Å²) >= 11 is 7.53. The minimum Gasteiger partial charge on any atom is -0.342 e. The summed E-state index contributed by atoms with van der Waals surface area (Å²) in [6, 6.07) is 4.19. The average Bonchev–Trinajstić information content (AvgIpc) is 3.15. The van der Waals surface area contributed by atoms with E-state index in [4.69, 9.17) is 11.6 Å². The fourth-order valence-electron chi connectivity index (χ4n) is 2.32. The van der Waals surface area contributed by atoms with Gasteiger partial charge in [0.1, 0.15) is 10.7 Å². The molecule has 0 atom stereocenters. The zero-order valence-corrected chi connectivity index (χ0v) is 13.9. The van der Waals surface area contributed by atoms with Crippen LogP contribution in [0.5, 0.6) is 0 Å². The van der Waals surface area contributed by atoms with Gasteiger partial charge in [-0.05, 0) is 44.4 Å². The largest absolute Gasteiger partial charge is 0.342 e. The first-order valence-electron chi connectivity index (χ1n) is 7.10. The second-order valence-corrected chi connectivity index (χ2v) is 7.51. The van der Waals surface area contributed by atoms with Gasteiger partial charge in [0.05, 0.1) is 16.7 Å². The predicted molar refractivity (Wildman–Crippen MR) is 86.0 cm³/mol. The van der Waals surface area contributed by atoms with Crippen LogP contribution >= 0.6 is 22.9 Å². The molecule has 0 bridgehead atoms. The molecule has 3 nitrogen and oxygen atoms in total. The van der Waals surface area contributed by atoms with Crippen LogP contribution in [0.25, 0.3) is 0 Å². The van der Waals surface area contributed by atoms with Crippen molar-refractivity contribution in [2.45, 2.75) is 38.1 Å². The van der Waals surface area contributed by atoms with Crippen LogP contribution in [-0.4, -0.2) is 10.9 Å². The van der Waals surface area contributed by atoms with Crippen molar-refractivity contribution in [3.8, 4) is 0 Å². The molecule has 0 unspecified atom stereocenters. The number of benzene rings is 1. The Bertz CT molecular complexity index is 725. The van der Waals surface area contributed by atoms with Crippen LogP contribution in [-0.2, 0) is 5.54 Å². The van der Waals surface area contributed by atoms with Crippen molar-refractivity contribution >= 4 is 28.8 Å². The summed E-state index contributed by atoms with van der Waals surface area (Å²) < 4.78 is 13.2. The molecule has 0 radical (unpaired) electrons. The molecule has 1 aliphatic carbocycles. The van der Waals surface area contributed by atoms with Crippen LogP contribution in [0.1, 0.15) is 52.8 Å². The quantitative estimate of drug-likeness (QED) is 0.893. The molecule has 0 saturated heterocycles. The molecule has 1 amide bonds. The van der Waals surface area contributed by atoms with Gasteiger partial charge in [-0.15, -0.1) is 11.3 Å². The Labute approximate surface area is 137 Å². The van der Waals surface area contributed by atoms with Crippen LogP contribution in [0.4, 0.5) is 4.39 Å². The molecule has 1 aromatic heterocycles. The summed E-state index contributed by atoms with van der Waals surface area (Å²) in [5.74, 6) is -0.0479. The molecule has 22 heavy (non-hydrogen) atoms. The monoisotopic (exact) mass is 338 g/mol. The van der Waals surface area contributed by atoms with Gasteiger partial charge in [0.2, 0.25) is 0 Å². The van der Waals surface area contributed by atoms with E-state index in [0.717, 1.165) is 17.8 Å². The predicted octanol–water partition coefficient (Wildman–Crippen LogP) is 4.48. The third kappa shape index (κ3) is 3.15. The number of carbonyl (C=O) groups excluding carboxylic acids is 1. The Hall–Kier alpha value is -1.46. The van der Waals surface area contributed by atoms with Crippen molar-refractivity contribution < 1.29 is 9.18 Å². The summed E-state index contributed by atoms with van der Waals surface area (Å²) in [6.45, 7) is 3.68. The lowest BCUT2D eigenvalue weighted by Crippen LogP contribution is -2.40. The smallest absolute Gasteiger partial charge is 0.263 e. The molecule has 0 aliphatic heterocycles. The van der Waals surface area contributed by atoms with Gasteiger partial charge in [-0.2, -0.15) is 0 Å². The van der Waals surface area contributed by atoms with Crippen molar-refractivity contribution in [3.63, 3.8) is 0 Å². The molecular formula is C16H16ClFN2OS. The fraction of sp³-hybridized carbons (Fsp3) is 0.375. The third-order valence-corrected chi connectivity index (χ3v) is 5.18. The van der Waals surface area contributed by atoms with E-state index in [1.165, 1.54) is 23.5 Å². The maximum absolute atomic E-state index is 13.2. The Morgan fingerprint density at radius 1 is 1.45 bits per heavy atom. The first-order chi connectivity index (χ1) is 10.4. The van der Waals surface area contributed by atoms with Crippen LogP contribution in [0, 0.1) is 5.82 Å². The highest BCUT2D eigenvalue weighted by Crippen LogP contribution is 2.41. The van der Waals surface area contributed by atoms with Gasteiger partial charge in [-0.3, -0.25) is 4.79 Å². The average molecular weight is 339 g/mol. The zero-order valence-electron chi connectivity index (χ0n) is 12.3. The molecule has 1 N–H and O–H groups in total. The Morgan fingerprint density at radius 2 is 2.18 bits per heavy atom. The van der Waals surface area contributed by atoms with E-state index in [-0.39, 0.29) is 5.91 Å². The van der Waals surface area contributed by atoms with E-state index in [2.05, 4.69) is 10.3 Å². The molecule has 0 spiro atoms. The lowest BCUT2D eigenvalue weighted by Gasteiger charge is -2.27. The van der Waals surface area contributed by atoms with Gasteiger partial charge in [-0.25, -0.2) is 9.37 Å². The maximum atomic E-state index is 13.2. The number of hydrogen-bond donors (Lipinski definition) is 1. The molecule has 1 aromatic carbocycles. The number of aromatic nitrogens is 1. The molecular weight excluding hydrogens is 323 g/mol. The minimum absolute atomic E-state index is 0.185. The minimum atomic E-state index is -0.703. The molecule has 1 aliphatic rings. The van der Waals surface area contributed by atoms with Gasteiger partial charge < -0.3 is 5.32 Å². The summed E-state index contributed by atoms with van der Waals surface area (Å²) in [4.78, 5) is 17.3. The summed E-state index contributed by atoms with van der Waals surface area (Å²) in [5.41, 5.74) is -0.0261. The van der Waals surface area contributed by atoms with Gasteiger partial charge in [-0.1, -0.05) is 17.7 Å². The SMILES string of the molecule is CC(C)(NC(=O)c1cnc(C2CC2)s1)c1ccc(F)cc1Cl. The highest BCUT2D eigenvalue weighted by atomic mass is 35.5. The van der Waals surface area contributed by atoms with E-state index in [1.54, 1.807) is 12.3 Å². The van der Waals surface area contributed by atoms with Crippen LogP contribution < -0.4 is 5.32 Å². The molecule has 116 valence electrons. The van der Waals surface area contributed by atoms with Gasteiger partial charge in [0.25, 0.3) is 5.91 Å². The number of rotatable bonds is 4.